The minimum Gasteiger partial charge on any atom is -0.327 e. The third kappa shape index (κ3) is 4.01. The van der Waals surface area contributed by atoms with Crippen molar-refractivity contribution < 1.29 is 9.59 Å². The van der Waals surface area contributed by atoms with E-state index in [2.05, 4.69) is 10.6 Å². The molecule has 0 spiro atoms. The summed E-state index contributed by atoms with van der Waals surface area (Å²) in [6.45, 7) is 0. The first-order valence-electron chi connectivity index (χ1n) is 8.13. The summed E-state index contributed by atoms with van der Waals surface area (Å²) in [7, 11) is 0. The number of thiophene rings is 1. The van der Waals surface area contributed by atoms with Crippen molar-refractivity contribution in [1.82, 2.24) is 0 Å². The summed E-state index contributed by atoms with van der Waals surface area (Å²) >= 11 is 1.38. The fraction of sp³-hybridized carbons (Fsp3) is 0.333. The molecule has 1 saturated carbocycles. The van der Waals surface area contributed by atoms with Gasteiger partial charge < -0.3 is 16.4 Å². The lowest BCUT2D eigenvalue weighted by Gasteiger charge is -2.16. The molecule has 0 radical (unpaired) electrons. The molecule has 24 heavy (non-hydrogen) atoms. The molecule has 0 bridgehead atoms. The molecule has 2 amide bonds. The Kier molecular flexibility index (Phi) is 5.27. The average molecular weight is 343 g/mol. The van der Waals surface area contributed by atoms with Gasteiger partial charge in [0, 0.05) is 12.5 Å². The zero-order chi connectivity index (χ0) is 16.9. The lowest BCUT2D eigenvalue weighted by molar-refractivity contribution is -0.117. The van der Waals surface area contributed by atoms with Gasteiger partial charge in [0.1, 0.15) is 0 Å². The first kappa shape index (κ1) is 16.7. The highest BCUT2D eigenvalue weighted by Crippen LogP contribution is 2.28. The number of amides is 2. The van der Waals surface area contributed by atoms with Crippen LogP contribution >= 0.6 is 11.3 Å². The van der Waals surface area contributed by atoms with E-state index in [0.29, 0.717) is 22.7 Å². The van der Waals surface area contributed by atoms with Gasteiger partial charge in [-0.15, -0.1) is 11.3 Å². The SMILES string of the molecule is N[C@@H]1CCC[C@H]1CC(=O)Nc1ccccc1NC(=O)c1cccs1. The Morgan fingerprint density at radius 3 is 2.46 bits per heavy atom. The molecule has 0 saturated heterocycles. The summed E-state index contributed by atoms with van der Waals surface area (Å²) in [5.74, 6) is 0.0116. The summed E-state index contributed by atoms with van der Waals surface area (Å²) in [6, 6.07) is 10.9. The molecule has 4 N–H and O–H groups in total. The van der Waals surface area contributed by atoms with Crippen LogP contribution in [0.2, 0.25) is 0 Å². The third-order valence-electron chi connectivity index (χ3n) is 4.36. The number of rotatable bonds is 5. The molecule has 1 aliphatic rings. The molecule has 6 heteroatoms. The Morgan fingerprint density at radius 1 is 1.08 bits per heavy atom. The quantitative estimate of drug-likeness (QED) is 0.777. The lowest BCUT2D eigenvalue weighted by Crippen LogP contribution is -2.28. The molecule has 3 rings (SSSR count). The van der Waals surface area contributed by atoms with Crippen LogP contribution in [-0.2, 0) is 4.79 Å². The summed E-state index contributed by atoms with van der Waals surface area (Å²) < 4.78 is 0. The van der Waals surface area contributed by atoms with Crippen LogP contribution < -0.4 is 16.4 Å². The van der Waals surface area contributed by atoms with Crippen molar-refractivity contribution in [3.63, 3.8) is 0 Å². The van der Waals surface area contributed by atoms with Crippen LogP contribution in [0.1, 0.15) is 35.4 Å². The highest BCUT2D eigenvalue weighted by atomic mass is 32.1. The third-order valence-corrected chi connectivity index (χ3v) is 5.23. The fourth-order valence-corrected chi connectivity index (χ4v) is 3.67. The van der Waals surface area contributed by atoms with Crippen molar-refractivity contribution in [2.45, 2.75) is 31.7 Å². The molecule has 2 aromatic rings. The molecule has 2 atom stereocenters. The number of benzene rings is 1. The second kappa shape index (κ2) is 7.59. The van der Waals surface area contributed by atoms with Gasteiger partial charge in [0.15, 0.2) is 0 Å². The molecule has 1 fully saturated rings. The second-order valence-corrected chi connectivity index (χ2v) is 7.03. The van der Waals surface area contributed by atoms with Crippen LogP contribution in [0.5, 0.6) is 0 Å². The van der Waals surface area contributed by atoms with E-state index < -0.39 is 0 Å². The number of carbonyl (C=O) groups excluding carboxylic acids is 2. The first-order valence-corrected chi connectivity index (χ1v) is 9.01. The van der Waals surface area contributed by atoms with Crippen molar-refractivity contribution >= 4 is 34.5 Å². The standard InChI is InChI=1S/C18H21N3O2S/c19-13-6-3-5-12(13)11-17(22)20-14-7-1-2-8-15(14)21-18(23)16-9-4-10-24-16/h1-2,4,7-10,12-13H,3,5-6,11,19H2,(H,20,22)(H,21,23)/t12-,13+/m0/s1. The molecule has 0 aliphatic heterocycles. The normalized spacial score (nSPS) is 19.9. The Hall–Kier alpha value is -2.18. The van der Waals surface area contributed by atoms with E-state index in [0.717, 1.165) is 19.3 Å². The summed E-state index contributed by atoms with van der Waals surface area (Å²) in [4.78, 5) is 25.1. The average Bonchev–Trinajstić information content (AvgIpc) is 3.22. The Labute approximate surface area is 145 Å². The van der Waals surface area contributed by atoms with Crippen LogP contribution in [0.3, 0.4) is 0 Å². The summed E-state index contributed by atoms with van der Waals surface area (Å²) in [5.41, 5.74) is 7.24. The molecule has 1 aromatic carbocycles. The Bertz CT molecular complexity index is 715. The van der Waals surface area contributed by atoms with E-state index in [1.807, 2.05) is 23.6 Å². The molecule has 0 unspecified atom stereocenters. The van der Waals surface area contributed by atoms with E-state index in [4.69, 9.17) is 5.73 Å². The Morgan fingerprint density at radius 2 is 1.83 bits per heavy atom. The number of carbonyl (C=O) groups is 2. The van der Waals surface area contributed by atoms with E-state index in [9.17, 15) is 9.59 Å². The van der Waals surface area contributed by atoms with E-state index in [1.165, 1.54) is 11.3 Å². The van der Waals surface area contributed by atoms with Gasteiger partial charge in [-0.25, -0.2) is 0 Å². The zero-order valence-electron chi connectivity index (χ0n) is 13.3. The van der Waals surface area contributed by atoms with Crippen molar-refractivity contribution in [2.24, 2.45) is 11.7 Å². The number of anilines is 2. The Balaban J connectivity index is 1.65. The maximum absolute atomic E-state index is 12.3. The van der Waals surface area contributed by atoms with Crippen molar-refractivity contribution in [3.8, 4) is 0 Å². The minimum absolute atomic E-state index is 0.0600. The summed E-state index contributed by atoms with van der Waals surface area (Å²) in [6.07, 6.45) is 3.51. The van der Waals surface area contributed by atoms with Crippen LogP contribution in [0.15, 0.2) is 41.8 Å². The van der Waals surface area contributed by atoms with Gasteiger partial charge in [-0.2, -0.15) is 0 Å². The number of hydrogen-bond acceptors (Lipinski definition) is 4. The van der Waals surface area contributed by atoms with Gasteiger partial charge in [0.05, 0.1) is 16.3 Å². The maximum atomic E-state index is 12.3. The predicted molar refractivity (Wildman–Crippen MR) is 97.3 cm³/mol. The van der Waals surface area contributed by atoms with Gasteiger partial charge in [0.2, 0.25) is 5.91 Å². The van der Waals surface area contributed by atoms with Crippen LogP contribution in [0.4, 0.5) is 11.4 Å². The minimum atomic E-state index is -0.176. The molecular weight excluding hydrogens is 322 g/mol. The van der Waals surface area contributed by atoms with E-state index in [-0.39, 0.29) is 23.8 Å². The molecular formula is C18H21N3O2S. The van der Waals surface area contributed by atoms with Crippen LogP contribution in [-0.4, -0.2) is 17.9 Å². The van der Waals surface area contributed by atoms with Crippen molar-refractivity contribution in [2.75, 3.05) is 10.6 Å². The second-order valence-electron chi connectivity index (χ2n) is 6.08. The van der Waals surface area contributed by atoms with E-state index in [1.54, 1.807) is 18.2 Å². The fourth-order valence-electron chi connectivity index (χ4n) is 3.05. The highest BCUT2D eigenvalue weighted by molar-refractivity contribution is 7.12. The van der Waals surface area contributed by atoms with Crippen molar-refractivity contribution in [1.29, 1.82) is 0 Å². The van der Waals surface area contributed by atoms with Crippen LogP contribution in [0, 0.1) is 5.92 Å². The molecule has 1 aliphatic carbocycles. The number of hydrogen-bond donors (Lipinski definition) is 3. The van der Waals surface area contributed by atoms with E-state index >= 15 is 0 Å². The molecule has 1 heterocycles. The topological polar surface area (TPSA) is 84.2 Å². The molecule has 126 valence electrons. The number of para-hydroxylation sites is 2. The molecule has 5 nitrogen and oxygen atoms in total. The first-order chi connectivity index (χ1) is 11.6. The van der Waals surface area contributed by atoms with Gasteiger partial charge >= 0.3 is 0 Å². The summed E-state index contributed by atoms with van der Waals surface area (Å²) in [5, 5.41) is 7.61. The zero-order valence-corrected chi connectivity index (χ0v) is 14.1. The monoisotopic (exact) mass is 343 g/mol. The van der Waals surface area contributed by atoms with Gasteiger partial charge in [-0.3, -0.25) is 9.59 Å². The number of nitrogens with two attached hydrogens (primary N) is 1. The van der Waals surface area contributed by atoms with Crippen LogP contribution in [0.25, 0.3) is 0 Å². The predicted octanol–water partition coefficient (Wildman–Crippen LogP) is 3.46. The van der Waals surface area contributed by atoms with Gasteiger partial charge in [0.25, 0.3) is 5.91 Å². The maximum Gasteiger partial charge on any atom is 0.265 e. The highest BCUT2D eigenvalue weighted by Gasteiger charge is 2.26. The van der Waals surface area contributed by atoms with Gasteiger partial charge in [-0.05, 0) is 42.3 Å². The van der Waals surface area contributed by atoms with Crippen molar-refractivity contribution in [3.05, 3.63) is 46.7 Å². The molecule has 1 aromatic heterocycles. The smallest absolute Gasteiger partial charge is 0.265 e. The van der Waals surface area contributed by atoms with Gasteiger partial charge in [-0.1, -0.05) is 24.6 Å². The largest absolute Gasteiger partial charge is 0.327 e. The lowest BCUT2D eigenvalue weighted by atomic mass is 10.00. The number of nitrogens with one attached hydrogen (secondary N) is 2.